The number of aliphatic hydroxyl groups is 1. The van der Waals surface area contributed by atoms with Crippen molar-refractivity contribution in [1.82, 2.24) is 5.32 Å². The van der Waals surface area contributed by atoms with Crippen molar-refractivity contribution in [2.45, 2.75) is 31.7 Å². The summed E-state index contributed by atoms with van der Waals surface area (Å²) in [4.78, 5) is 0. The number of hydrogen-bond donors (Lipinski definition) is 2. The van der Waals surface area contributed by atoms with Crippen LogP contribution in [-0.4, -0.2) is 49.7 Å². The second kappa shape index (κ2) is 4.37. The minimum absolute atomic E-state index is 0.106. The molecule has 2 atom stereocenters. The summed E-state index contributed by atoms with van der Waals surface area (Å²) in [6, 6.07) is 0. The van der Waals surface area contributed by atoms with E-state index >= 15 is 0 Å². The molecule has 1 aliphatic heterocycles. The van der Waals surface area contributed by atoms with Crippen molar-refractivity contribution in [3.63, 3.8) is 0 Å². The standard InChI is InChI=1S/C9H19NO3/c1-9(2,6-12-3)13-8-5-10-4-7(8)11/h7-8,10-11H,4-6H2,1-3H3/t7?,8-/m0/s1. The van der Waals surface area contributed by atoms with Gasteiger partial charge in [0.2, 0.25) is 0 Å². The van der Waals surface area contributed by atoms with Crippen molar-refractivity contribution in [2.24, 2.45) is 0 Å². The fraction of sp³-hybridized carbons (Fsp3) is 1.00. The van der Waals surface area contributed by atoms with Crippen molar-refractivity contribution in [1.29, 1.82) is 0 Å². The molecule has 0 aromatic rings. The molecule has 0 aliphatic carbocycles. The minimum Gasteiger partial charge on any atom is -0.389 e. The van der Waals surface area contributed by atoms with Crippen LogP contribution >= 0.6 is 0 Å². The molecule has 0 bridgehead atoms. The highest BCUT2D eigenvalue weighted by Gasteiger charge is 2.31. The molecule has 78 valence electrons. The molecule has 0 saturated carbocycles. The predicted molar refractivity (Wildman–Crippen MR) is 49.7 cm³/mol. The van der Waals surface area contributed by atoms with Gasteiger partial charge in [-0.3, -0.25) is 0 Å². The number of aliphatic hydroxyl groups excluding tert-OH is 1. The fourth-order valence-electron chi connectivity index (χ4n) is 1.55. The maximum Gasteiger partial charge on any atom is 0.0978 e. The van der Waals surface area contributed by atoms with Crippen LogP contribution in [0, 0.1) is 0 Å². The second-order valence-electron chi connectivity index (χ2n) is 4.07. The Balaban J connectivity index is 2.37. The topological polar surface area (TPSA) is 50.7 Å². The molecule has 0 radical (unpaired) electrons. The quantitative estimate of drug-likeness (QED) is 0.641. The molecule has 1 unspecified atom stereocenters. The van der Waals surface area contributed by atoms with Gasteiger partial charge in [-0.1, -0.05) is 0 Å². The maximum absolute atomic E-state index is 9.49. The predicted octanol–water partition coefficient (Wildman–Crippen LogP) is -0.239. The Bertz CT molecular complexity index is 161. The summed E-state index contributed by atoms with van der Waals surface area (Å²) in [5.74, 6) is 0. The van der Waals surface area contributed by atoms with Crippen LogP contribution in [0.2, 0.25) is 0 Å². The molecule has 1 saturated heterocycles. The highest BCUT2D eigenvalue weighted by molar-refractivity contribution is 4.84. The Morgan fingerprint density at radius 3 is 2.62 bits per heavy atom. The lowest BCUT2D eigenvalue weighted by atomic mass is 10.1. The van der Waals surface area contributed by atoms with Crippen molar-refractivity contribution in [2.75, 3.05) is 26.8 Å². The van der Waals surface area contributed by atoms with E-state index in [0.717, 1.165) is 0 Å². The summed E-state index contributed by atoms with van der Waals surface area (Å²) in [7, 11) is 1.65. The molecule has 2 N–H and O–H groups in total. The fourth-order valence-corrected chi connectivity index (χ4v) is 1.55. The third kappa shape index (κ3) is 3.23. The zero-order valence-corrected chi connectivity index (χ0v) is 8.54. The van der Waals surface area contributed by atoms with E-state index in [2.05, 4.69) is 5.32 Å². The smallest absolute Gasteiger partial charge is 0.0978 e. The van der Waals surface area contributed by atoms with Crippen LogP contribution in [0.25, 0.3) is 0 Å². The second-order valence-corrected chi connectivity index (χ2v) is 4.07. The van der Waals surface area contributed by atoms with Crippen molar-refractivity contribution in [3.05, 3.63) is 0 Å². The number of β-amino-alcohol motifs (C(OH)–C–C–N with tert-alkyl or cyclic N) is 1. The molecule has 0 aromatic heterocycles. The lowest BCUT2D eigenvalue weighted by Gasteiger charge is -2.29. The summed E-state index contributed by atoms with van der Waals surface area (Å²) < 4.78 is 10.7. The van der Waals surface area contributed by atoms with Crippen LogP contribution in [0.5, 0.6) is 0 Å². The molecular formula is C9H19NO3. The highest BCUT2D eigenvalue weighted by Crippen LogP contribution is 2.16. The van der Waals surface area contributed by atoms with Gasteiger partial charge in [0.1, 0.15) is 0 Å². The summed E-state index contributed by atoms with van der Waals surface area (Å²) in [6.07, 6.45) is -0.499. The molecule has 4 nitrogen and oxygen atoms in total. The third-order valence-corrected chi connectivity index (χ3v) is 2.09. The van der Waals surface area contributed by atoms with E-state index in [1.807, 2.05) is 13.8 Å². The zero-order chi connectivity index (χ0) is 9.90. The van der Waals surface area contributed by atoms with E-state index in [9.17, 15) is 5.11 Å². The molecule has 1 rings (SSSR count). The van der Waals surface area contributed by atoms with Crippen molar-refractivity contribution >= 4 is 0 Å². The first-order valence-electron chi connectivity index (χ1n) is 4.61. The Labute approximate surface area is 79.2 Å². The SMILES string of the molecule is COCC(C)(C)O[C@H]1CNCC1O. The van der Waals surface area contributed by atoms with Gasteiger partial charge in [0.05, 0.1) is 24.4 Å². The number of hydrogen-bond acceptors (Lipinski definition) is 4. The summed E-state index contributed by atoms with van der Waals surface area (Å²) >= 11 is 0. The molecule has 0 amide bonds. The monoisotopic (exact) mass is 189 g/mol. The molecule has 13 heavy (non-hydrogen) atoms. The van der Waals surface area contributed by atoms with Crippen LogP contribution in [0.1, 0.15) is 13.8 Å². The molecule has 1 heterocycles. The van der Waals surface area contributed by atoms with Gasteiger partial charge in [-0.05, 0) is 13.8 Å². The Morgan fingerprint density at radius 1 is 1.46 bits per heavy atom. The number of rotatable bonds is 4. The van der Waals surface area contributed by atoms with Gasteiger partial charge in [-0.2, -0.15) is 0 Å². The summed E-state index contributed by atoms with van der Waals surface area (Å²) in [5, 5.41) is 12.6. The minimum atomic E-state index is -0.392. The Kier molecular flexibility index (Phi) is 3.67. The van der Waals surface area contributed by atoms with Gasteiger partial charge in [0.25, 0.3) is 0 Å². The van der Waals surface area contributed by atoms with Crippen LogP contribution in [0.3, 0.4) is 0 Å². The van der Waals surface area contributed by atoms with Gasteiger partial charge in [0, 0.05) is 20.2 Å². The van der Waals surface area contributed by atoms with Gasteiger partial charge in [-0.25, -0.2) is 0 Å². The normalized spacial score (nSPS) is 29.5. The molecule has 4 heteroatoms. The lowest BCUT2D eigenvalue weighted by Crippen LogP contribution is -2.39. The summed E-state index contributed by atoms with van der Waals surface area (Å²) in [5.41, 5.74) is -0.327. The first-order chi connectivity index (χ1) is 6.05. The molecule has 1 fully saturated rings. The van der Waals surface area contributed by atoms with Crippen LogP contribution in [0.4, 0.5) is 0 Å². The van der Waals surface area contributed by atoms with Crippen molar-refractivity contribution < 1.29 is 14.6 Å². The largest absolute Gasteiger partial charge is 0.389 e. The maximum atomic E-state index is 9.49. The molecule has 0 aromatic carbocycles. The average molecular weight is 189 g/mol. The van der Waals surface area contributed by atoms with E-state index in [1.54, 1.807) is 7.11 Å². The average Bonchev–Trinajstić information content (AvgIpc) is 2.35. The Hall–Kier alpha value is -0.160. The van der Waals surface area contributed by atoms with E-state index in [4.69, 9.17) is 9.47 Å². The van der Waals surface area contributed by atoms with Gasteiger partial charge >= 0.3 is 0 Å². The van der Waals surface area contributed by atoms with Gasteiger partial charge in [-0.15, -0.1) is 0 Å². The molecular weight excluding hydrogens is 170 g/mol. The Morgan fingerprint density at radius 2 is 2.15 bits per heavy atom. The number of nitrogens with one attached hydrogen (secondary N) is 1. The van der Waals surface area contributed by atoms with Gasteiger partial charge < -0.3 is 19.9 Å². The van der Waals surface area contributed by atoms with E-state index in [-0.39, 0.29) is 11.7 Å². The van der Waals surface area contributed by atoms with E-state index in [1.165, 1.54) is 0 Å². The first kappa shape index (κ1) is 10.9. The van der Waals surface area contributed by atoms with Crippen LogP contribution in [-0.2, 0) is 9.47 Å². The summed E-state index contributed by atoms with van der Waals surface area (Å²) in [6.45, 7) is 5.79. The van der Waals surface area contributed by atoms with E-state index in [0.29, 0.717) is 19.7 Å². The molecule has 1 aliphatic rings. The lowest BCUT2D eigenvalue weighted by molar-refractivity contribution is -0.125. The number of methoxy groups -OCH3 is 1. The van der Waals surface area contributed by atoms with Gasteiger partial charge in [0.15, 0.2) is 0 Å². The highest BCUT2D eigenvalue weighted by atomic mass is 16.6. The number of ether oxygens (including phenoxy) is 2. The molecule has 0 spiro atoms. The van der Waals surface area contributed by atoms with Crippen molar-refractivity contribution in [3.8, 4) is 0 Å². The zero-order valence-electron chi connectivity index (χ0n) is 8.54. The first-order valence-corrected chi connectivity index (χ1v) is 4.61. The third-order valence-electron chi connectivity index (χ3n) is 2.09. The van der Waals surface area contributed by atoms with E-state index < -0.39 is 6.10 Å². The van der Waals surface area contributed by atoms with Crippen LogP contribution in [0.15, 0.2) is 0 Å². The van der Waals surface area contributed by atoms with Crippen LogP contribution < -0.4 is 5.32 Å².